The summed E-state index contributed by atoms with van der Waals surface area (Å²) >= 11 is 3.35. The van der Waals surface area contributed by atoms with Gasteiger partial charge in [0.2, 0.25) is 0 Å². The maximum absolute atomic E-state index is 4.77. The first kappa shape index (κ1) is 17.9. The van der Waals surface area contributed by atoms with Gasteiger partial charge in [-0.15, -0.1) is 21.5 Å². The van der Waals surface area contributed by atoms with Crippen LogP contribution < -0.4 is 0 Å². The Morgan fingerprint density at radius 1 is 0.889 bits per heavy atom. The van der Waals surface area contributed by atoms with Gasteiger partial charge in [-0.25, -0.2) is 4.98 Å². The van der Waals surface area contributed by atoms with E-state index in [4.69, 9.17) is 4.98 Å². The molecule has 0 saturated heterocycles. The highest BCUT2D eigenvalue weighted by Crippen LogP contribution is 2.29. The minimum absolute atomic E-state index is 0.780. The summed E-state index contributed by atoms with van der Waals surface area (Å²) < 4.78 is 2.04. The van der Waals surface area contributed by atoms with E-state index in [1.807, 2.05) is 11.6 Å². The lowest BCUT2D eigenvalue weighted by molar-refractivity contribution is 0.793. The molecule has 6 heteroatoms. The lowest BCUT2D eigenvalue weighted by Gasteiger charge is -2.03. The minimum atomic E-state index is 0.780. The topological polar surface area (TPSA) is 43.6 Å². The Hall–Kier alpha value is -2.44. The highest BCUT2D eigenvalue weighted by Gasteiger charge is 2.12. The molecule has 0 unspecified atom stereocenters. The number of rotatable bonds is 5. The number of nitrogens with zero attached hydrogens (tertiary/aromatic N) is 4. The quantitative estimate of drug-likeness (QED) is 0.420. The van der Waals surface area contributed by atoms with E-state index < -0.39 is 0 Å². The van der Waals surface area contributed by atoms with Crippen molar-refractivity contribution in [3.63, 3.8) is 0 Å². The number of thioether (sulfide) groups is 1. The molecule has 27 heavy (non-hydrogen) atoms. The van der Waals surface area contributed by atoms with Crippen LogP contribution in [0.15, 0.2) is 59.1 Å². The van der Waals surface area contributed by atoms with Crippen molar-refractivity contribution < 1.29 is 0 Å². The summed E-state index contributed by atoms with van der Waals surface area (Å²) in [5.74, 6) is 1.67. The van der Waals surface area contributed by atoms with E-state index in [0.717, 1.165) is 33.0 Å². The fourth-order valence-electron chi connectivity index (χ4n) is 2.74. The smallest absolute Gasteiger partial charge is 0.191 e. The molecule has 4 aromatic rings. The van der Waals surface area contributed by atoms with E-state index in [1.165, 1.54) is 16.7 Å². The Morgan fingerprint density at radius 3 is 2.19 bits per heavy atom. The van der Waals surface area contributed by atoms with Crippen molar-refractivity contribution in [3.8, 4) is 22.0 Å². The molecule has 2 aromatic heterocycles. The van der Waals surface area contributed by atoms with Gasteiger partial charge >= 0.3 is 0 Å². The van der Waals surface area contributed by atoms with Crippen LogP contribution in [0, 0.1) is 13.8 Å². The molecule has 0 radical (unpaired) electrons. The highest BCUT2D eigenvalue weighted by molar-refractivity contribution is 7.98. The molecular weight excluding hydrogens is 372 g/mol. The second kappa shape index (κ2) is 7.66. The predicted molar refractivity (Wildman–Crippen MR) is 113 cm³/mol. The monoisotopic (exact) mass is 392 g/mol. The average Bonchev–Trinajstić information content (AvgIpc) is 3.28. The Bertz CT molecular complexity index is 1050. The summed E-state index contributed by atoms with van der Waals surface area (Å²) in [5.41, 5.74) is 5.82. The van der Waals surface area contributed by atoms with E-state index in [9.17, 15) is 0 Å². The van der Waals surface area contributed by atoms with Crippen molar-refractivity contribution in [2.75, 3.05) is 0 Å². The number of benzene rings is 2. The van der Waals surface area contributed by atoms with Gasteiger partial charge in [-0.1, -0.05) is 71.4 Å². The third-order valence-corrected chi connectivity index (χ3v) is 6.34. The summed E-state index contributed by atoms with van der Waals surface area (Å²) in [7, 11) is 2.01. The summed E-state index contributed by atoms with van der Waals surface area (Å²) in [4.78, 5) is 4.77. The largest absolute Gasteiger partial charge is 0.305 e. The fraction of sp³-hybridized carbons (Fsp3) is 0.190. The zero-order valence-corrected chi connectivity index (χ0v) is 17.1. The molecule has 0 N–H and O–H groups in total. The SMILES string of the molecule is Cc1ccc(-c2nc(CSc3nnc(-c4ccc(C)cc4)n3C)cs2)cc1. The van der Waals surface area contributed by atoms with Gasteiger partial charge in [0, 0.05) is 29.3 Å². The van der Waals surface area contributed by atoms with Crippen LogP contribution in [0.5, 0.6) is 0 Å². The fourth-order valence-corrected chi connectivity index (χ4v) is 4.47. The lowest BCUT2D eigenvalue weighted by Crippen LogP contribution is -1.95. The molecular formula is C21H20N4S2. The number of thiazole rings is 1. The van der Waals surface area contributed by atoms with E-state index in [-0.39, 0.29) is 0 Å². The molecule has 0 aliphatic heterocycles. The van der Waals surface area contributed by atoms with E-state index in [2.05, 4.69) is 78.0 Å². The Kier molecular flexibility index (Phi) is 5.09. The molecule has 0 fully saturated rings. The third-order valence-electron chi connectivity index (χ3n) is 4.34. The molecule has 0 aliphatic carbocycles. The molecule has 0 spiro atoms. The normalized spacial score (nSPS) is 11.1. The van der Waals surface area contributed by atoms with Crippen LogP contribution in [-0.4, -0.2) is 19.7 Å². The molecule has 0 aliphatic rings. The Labute approximate surface area is 167 Å². The zero-order valence-electron chi connectivity index (χ0n) is 15.5. The molecule has 4 nitrogen and oxygen atoms in total. The highest BCUT2D eigenvalue weighted by atomic mass is 32.2. The van der Waals surface area contributed by atoms with Gasteiger partial charge in [0.05, 0.1) is 5.69 Å². The average molecular weight is 393 g/mol. The molecule has 2 aromatic carbocycles. The minimum Gasteiger partial charge on any atom is -0.305 e. The predicted octanol–water partition coefficient (Wildman–Crippen LogP) is 5.51. The molecule has 136 valence electrons. The third kappa shape index (κ3) is 3.96. The maximum Gasteiger partial charge on any atom is 0.191 e. The van der Waals surface area contributed by atoms with Crippen LogP contribution >= 0.6 is 23.1 Å². The van der Waals surface area contributed by atoms with Gasteiger partial charge in [-0.2, -0.15) is 0 Å². The van der Waals surface area contributed by atoms with Gasteiger partial charge in [-0.05, 0) is 13.8 Å². The zero-order chi connectivity index (χ0) is 18.8. The molecule has 0 saturated carbocycles. The van der Waals surface area contributed by atoms with Crippen molar-refractivity contribution in [3.05, 3.63) is 70.7 Å². The first-order valence-corrected chi connectivity index (χ1v) is 10.6. The summed E-state index contributed by atoms with van der Waals surface area (Å²) in [6.45, 7) is 4.18. The van der Waals surface area contributed by atoms with Crippen molar-refractivity contribution >= 4 is 23.1 Å². The van der Waals surface area contributed by atoms with E-state index >= 15 is 0 Å². The van der Waals surface area contributed by atoms with Crippen molar-refractivity contribution in [1.82, 2.24) is 19.7 Å². The molecule has 0 amide bonds. The molecule has 2 heterocycles. The molecule has 0 bridgehead atoms. The lowest BCUT2D eigenvalue weighted by atomic mass is 10.1. The Balaban J connectivity index is 1.46. The second-order valence-electron chi connectivity index (χ2n) is 6.53. The standard InChI is InChI=1S/C21H20N4S2/c1-14-4-8-16(9-5-14)19-23-24-21(25(19)3)27-13-18-12-26-20(22-18)17-10-6-15(2)7-11-17/h4-12H,13H2,1-3H3. The van der Waals surface area contributed by atoms with Crippen molar-refractivity contribution in [1.29, 1.82) is 0 Å². The second-order valence-corrected chi connectivity index (χ2v) is 8.33. The van der Waals surface area contributed by atoms with Crippen LogP contribution in [0.2, 0.25) is 0 Å². The van der Waals surface area contributed by atoms with Gasteiger partial charge in [-0.3, -0.25) is 0 Å². The van der Waals surface area contributed by atoms with Gasteiger partial charge < -0.3 is 4.57 Å². The van der Waals surface area contributed by atoms with Gasteiger partial charge in [0.25, 0.3) is 0 Å². The van der Waals surface area contributed by atoms with Gasteiger partial charge in [0.1, 0.15) is 5.01 Å². The van der Waals surface area contributed by atoms with Crippen LogP contribution in [-0.2, 0) is 12.8 Å². The first-order valence-electron chi connectivity index (χ1n) is 8.71. The van der Waals surface area contributed by atoms with Crippen molar-refractivity contribution in [2.45, 2.75) is 24.8 Å². The van der Waals surface area contributed by atoms with Crippen LogP contribution in [0.1, 0.15) is 16.8 Å². The van der Waals surface area contributed by atoms with Crippen molar-refractivity contribution in [2.24, 2.45) is 7.05 Å². The summed E-state index contributed by atoms with van der Waals surface area (Å²) in [6, 6.07) is 16.9. The molecule has 0 atom stereocenters. The number of hydrogen-bond donors (Lipinski definition) is 0. The number of aryl methyl sites for hydroxylation is 2. The van der Waals surface area contributed by atoms with Crippen LogP contribution in [0.25, 0.3) is 22.0 Å². The maximum atomic E-state index is 4.77. The first-order chi connectivity index (χ1) is 13.1. The molecule has 4 rings (SSSR count). The van der Waals surface area contributed by atoms with E-state index in [0.29, 0.717) is 0 Å². The van der Waals surface area contributed by atoms with Crippen LogP contribution in [0.3, 0.4) is 0 Å². The van der Waals surface area contributed by atoms with Crippen LogP contribution in [0.4, 0.5) is 0 Å². The summed E-state index contributed by atoms with van der Waals surface area (Å²) in [5, 5.41) is 12.8. The number of hydrogen-bond acceptors (Lipinski definition) is 5. The van der Waals surface area contributed by atoms with E-state index in [1.54, 1.807) is 23.1 Å². The Morgan fingerprint density at radius 2 is 1.52 bits per heavy atom. The van der Waals surface area contributed by atoms with Gasteiger partial charge in [0.15, 0.2) is 11.0 Å². The summed E-state index contributed by atoms with van der Waals surface area (Å²) in [6.07, 6.45) is 0. The number of aromatic nitrogens is 4.